The zero-order valence-corrected chi connectivity index (χ0v) is 11.7. The van der Waals surface area contributed by atoms with Gasteiger partial charge in [-0.3, -0.25) is 0 Å². The summed E-state index contributed by atoms with van der Waals surface area (Å²) >= 11 is 1.32. The first kappa shape index (κ1) is 13.2. The predicted molar refractivity (Wildman–Crippen MR) is 68.5 cm³/mol. The van der Waals surface area contributed by atoms with Crippen molar-refractivity contribution < 1.29 is 9.53 Å². The Balaban J connectivity index is 1.96. The molecule has 0 saturated carbocycles. The molecule has 1 N–H and O–H groups in total. The average Bonchev–Trinajstić information content (AvgIpc) is 2.80. The number of carbonyl (C=O) groups is 1. The van der Waals surface area contributed by atoms with Crippen molar-refractivity contribution in [1.29, 1.82) is 0 Å². The van der Waals surface area contributed by atoms with E-state index in [2.05, 4.69) is 14.9 Å². The van der Waals surface area contributed by atoms with Crippen LogP contribution in [0.15, 0.2) is 5.38 Å². The highest BCUT2D eigenvalue weighted by atomic mass is 32.1. The van der Waals surface area contributed by atoms with Gasteiger partial charge in [0.25, 0.3) is 0 Å². The maximum Gasteiger partial charge on any atom is 0.410 e. The van der Waals surface area contributed by atoms with Gasteiger partial charge in [0.05, 0.1) is 11.7 Å². The highest BCUT2D eigenvalue weighted by Gasteiger charge is 2.28. The Morgan fingerprint density at radius 2 is 2.39 bits per heavy atom. The van der Waals surface area contributed by atoms with Crippen molar-refractivity contribution >= 4 is 17.6 Å². The number of aromatic nitrogens is 2. The van der Waals surface area contributed by atoms with Crippen LogP contribution >= 0.6 is 11.5 Å². The lowest BCUT2D eigenvalue weighted by Gasteiger charge is -2.34. The molecule has 1 fully saturated rings. The number of ether oxygens (including phenoxy) is 1. The summed E-state index contributed by atoms with van der Waals surface area (Å²) in [6, 6.07) is 0.0463. The van der Waals surface area contributed by atoms with Crippen LogP contribution in [0.3, 0.4) is 0 Å². The first-order chi connectivity index (χ1) is 8.46. The molecule has 7 heteroatoms. The standard InChI is InChI=1S/C11H18N4O2S/c1-11(2,3)17-10(16)15-5-4-12-8(6-15)9-7-18-14-13-9/h7-8,12H,4-6H2,1-3H3. The normalized spacial score (nSPS) is 20.8. The Labute approximate surface area is 110 Å². The van der Waals surface area contributed by atoms with Crippen LogP contribution in [0.2, 0.25) is 0 Å². The zero-order valence-electron chi connectivity index (χ0n) is 10.8. The molecule has 1 aliphatic rings. The lowest BCUT2D eigenvalue weighted by atomic mass is 10.1. The van der Waals surface area contributed by atoms with Crippen LogP contribution < -0.4 is 5.32 Å². The quantitative estimate of drug-likeness (QED) is 0.836. The molecule has 1 amide bonds. The fourth-order valence-corrected chi connectivity index (χ4v) is 2.27. The second kappa shape index (κ2) is 5.19. The summed E-state index contributed by atoms with van der Waals surface area (Å²) < 4.78 is 9.21. The van der Waals surface area contributed by atoms with Crippen LogP contribution in [0, 0.1) is 0 Å². The summed E-state index contributed by atoms with van der Waals surface area (Å²) in [5.74, 6) is 0. The number of carbonyl (C=O) groups excluding carboxylic acids is 1. The Morgan fingerprint density at radius 1 is 1.61 bits per heavy atom. The molecule has 2 rings (SSSR count). The molecule has 1 aromatic heterocycles. The van der Waals surface area contributed by atoms with Gasteiger partial charge in [-0.25, -0.2) is 4.79 Å². The third-order valence-corrected chi connectivity index (χ3v) is 3.08. The molecule has 0 radical (unpaired) electrons. The van der Waals surface area contributed by atoms with Crippen LogP contribution in [0.1, 0.15) is 32.5 Å². The van der Waals surface area contributed by atoms with Crippen molar-refractivity contribution in [3.63, 3.8) is 0 Å². The molecule has 0 aromatic carbocycles. The SMILES string of the molecule is CC(C)(C)OC(=O)N1CCNC(c2csnn2)C1. The van der Waals surface area contributed by atoms with Crippen molar-refractivity contribution in [2.75, 3.05) is 19.6 Å². The van der Waals surface area contributed by atoms with Gasteiger partial charge in [0.15, 0.2) is 0 Å². The molecule has 1 saturated heterocycles. The summed E-state index contributed by atoms with van der Waals surface area (Å²) in [4.78, 5) is 13.7. The van der Waals surface area contributed by atoms with E-state index in [1.165, 1.54) is 11.5 Å². The number of nitrogens with one attached hydrogen (secondary N) is 1. The molecule has 1 atom stereocenters. The number of piperazine rings is 1. The van der Waals surface area contributed by atoms with Crippen molar-refractivity contribution in [2.45, 2.75) is 32.4 Å². The summed E-state index contributed by atoms with van der Waals surface area (Å²) in [5.41, 5.74) is 0.424. The van der Waals surface area contributed by atoms with Crippen LogP contribution in [0.5, 0.6) is 0 Å². The Morgan fingerprint density at radius 3 is 3.00 bits per heavy atom. The van der Waals surface area contributed by atoms with Gasteiger partial charge >= 0.3 is 6.09 Å². The fourth-order valence-electron chi connectivity index (χ4n) is 1.76. The molecule has 0 bridgehead atoms. The lowest BCUT2D eigenvalue weighted by molar-refractivity contribution is 0.0194. The first-order valence-electron chi connectivity index (χ1n) is 5.94. The monoisotopic (exact) mass is 270 g/mol. The predicted octanol–water partition coefficient (Wildman–Crippen LogP) is 1.42. The van der Waals surface area contributed by atoms with Crippen LogP contribution in [-0.2, 0) is 4.74 Å². The third-order valence-electron chi connectivity index (χ3n) is 2.56. The molecule has 6 nitrogen and oxygen atoms in total. The molecule has 1 aliphatic heterocycles. The van der Waals surface area contributed by atoms with Crippen molar-refractivity contribution in [1.82, 2.24) is 19.8 Å². The first-order valence-corrected chi connectivity index (χ1v) is 6.77. The number of rotatable bonds is 1. The van der Waals surface area contributed by atoms with Gasteiger partial charge in [-0.1, -0.05) is 4.49 Å². The lowest BCUT2D eigenvalue weighted by Crippen LogP contribution is -2.49. The van der Waals surface area contributed by atoms with Crippen molar-refractivity contribution in [3.05, 3.63) is 11.1 Å². The molecule has 0 spiro atoms. The van der Waals surface area contributed by atoms with Crippen LogP contribution in [-0.4, -0.2) is 45.8 Å². The van der Waals surface area contributed by atoms with Gasteiger partial charge in [-0.05, 0) is 32.3 Å². The molecule has 0 aliphatic carbocycles. The smallest absolute Gasteiger partial charge is 0.410 e. The minimum absolute atomic E-state index is 0.0463. The van der Waals surface area contributed by atoms with E-state index in [4.69, 9.17) is 4.74 Å². The third kappa shape index (κ3) is 3.39. The van der Waals surface area contributed by atoms with Gasteiger partial charge < -0.3 is 15.0 Å². The molecular formula is C11H18N4O2S. The zero-order chi connectivity index (χ0) is 13.2. The summed E-state index contributed by atoms with van der Waals surface area (Å²) in [6.45, 7) is 7.57. The minimum Gasteiger partial charge on any atom is -0.444 e. The van der Waals surface area contributed by atoms with Gasteiger partial charge in [0.2, 0.25) is 0 Å². The van der Waals surface area contributed by atoms with Crippen molar-refractivity contribution in [3.8, 4) is 0 Å². The molecule has 18 heavy (non-hydrogen) atoms. The summed E-state index contributed by atoms with van der Waals surface area (Å²) in [7, 11) is 0. The van der Waals surface area contributed by atoms with E-state index in [0.717, 1.165) is 12.2 Å². The molecule has 100 valence electrons. The maximum absolute atomic E-state index is 12.0. The molecule has 1 aromatic rings. The van der Waals surface area contributed by atoms with Gasteiger partial charge in [0.1, 0.15) is 5.60 Å². The number of hydrogen-bond donors (Lipinski definition) is 1. The van der Waals surface area contributed by atoms with E-state index < -0.39 is 5.60 Å². The molecule has 2 heterocycles. The number of nitrogens with zero attached hydrogens (tertiary/aromatic N) is 3. The minimum atomic E-state index is -0.459. The second-order valence-corrected chi connectivity index (χ2v) is 5.87. The highest BCUT2D eigenvalue weighted by Crippen LogP contribution is 2.18. The Bertz CT molecular complexity index is 402. The summed E-state index contributed by atoms with van der Waals surface area (Å²) in [6.07, 6.45) is -0.266. The van der Waals surface area contributed by atoms with E-state index in [1.807, 2.05) is 26.2 Å². The van der Waals surface area contributed by atoms with Crippen LogP contribution in [0.25, 0.3) is 0 Å². The van der Waals surface area contributed by atoms with Gasteiger partial charge in [-0.15, -0.1) is 5.10 Å². The van der Waals surface area contributed by atoms with E-state index in [1.54, 1.807) is 4.90 Å². The van der Waals surface area contributed by atoms with E-state index >= 15 is 0 Å². The average molecular weight is 270 g/mol. The second-order valence-electron chi connectivity index (χ2n) is 5.26. The molecular weight excluding hydrogens is 252 g/mol. The topological polar surface area (TPSA) is 67.3 Å². The Hall–Kier alpha value is -1.21. The van der Waals surface area contributed by atoms with E-state index in [9.17, 15) is 4.79 Å². The van der Waals surface area contributed by atoms with E-state index in [0.29, 0.717) is 13.1 Å². The number of hydrogen-bond acceptors (Lipinski definition) is 6. The summed E-state index contributed by atoms with van der Waals surface area (Å²) in [5, 5.41) is 9.26. The largest absolute Gasteiger partial charge is 0.444 e. The van der Waals surface area contributed by atoms with Gasteiger partial charge in [-0.2, -0.15) is 0 Å². The van der Waals surface area contributed by atoms with Crippen molar-refractivity contribution in [2.24, 2.45) is 0 Å². The van der Waals surface area contributed by atoms with E-state index in [-0.39, 0.29) is 12.1 Å². The highest BCUT2D eigenvalue weighted by molar-refractivity contribution is 7.03. The fraction of sp³-hybridized carbons (Fsp3) is 0.727. The van der Waals surface area contributed by atoms with Crippen LogP contribution in [0.4, 0.5) is 4.79 Å². The molecule has 1 unspecified atom stereocenters. The number of amides is 1. The maximum atomic E-state index is 12.0. The Kier molecular flexibility index (Phi) is 3.82. The van der Waals surface area contributed by atoms with Gasteiger partial charge in [0, 0.05) is 25.0 Å².